The fraction of sp³-hybridized carbons (Fsp3) is 0.250. The molecule has 0 aliphatic heterocycles. The summed E-state index contributed by atoms with van der Waals surface area (Å²) in [5, 5.41) is 0.771. The SMILES string of the molecule is Cc1ccc2nc(C(F)(F)F)ccc2c1C. The Kier molecular flexibility index (Phi) is 2.37. The van der Waals surface area contributed by atoms with Crippen LogP contribution in [0.4, 0.5) is 13.2 Å². The average Bonchev–Trinajstić information content (AvgIpc) is 2.22. The zero-order valence-electron chi connectivity index (χ0n) is 8.89. The number of fused-ring (bicyclic) bond motifs is 1. The molecule has 0 saturated carbocycles. The third-order valence-corrected chi connectivity index (χ3v) is 2.70. The van der Waals surface area contributed by atoms with E-state index in [1.807, 2.05) is 13.8 Å². The van der Waals surface area contributed by atoms with E-state index in [0.717, 1.165) is 22.6 Å². The van der Waals surface area contributed by atoms with Crippen molar-refractivity contribution in [2.45, 2.75) is 20.0 Å². The van der Waals surface area contributed by atoms with E-state index in [0.29, 0.717) is 5.52 Å². The second-order valence-electron chi connectivity index (χ2n) is 3.77. The molecule has 0 amide bonds. The molecule has 0 radical (unpaired) electrons. The van der Waals surface area contributed by atoms with Crippen LogP contribution < -0.4 is 0 Å². The summed E-state index contributed by atoms with van der Waals surface area (Å²) >= 11 is 0. The number of hydrogen-bond acceptors (Lipinski definition) is 1. The van der Waals surface area contributed by atoms with Crippen molar-refractivity contribution in [2.75, 3.05) is 0 Å². The third kappa shape index (κ3) is 1.75. The van der Waals surface area contributed by atoms with E-state index in [4.69, 9.17) is 0 Å². The van der Waals surface area contributed by atoms with Gasteiger partial charge in [-0.15, -0.1) is 0 Å². The number of benzene rings is 1. The van der Waals surface area contributed by atoms with Gasteiger partial charge in [0.15, 0.2) is 0 Å². The van der Waals surface area contributed by atoms with Gasteiger partial charge in [-0.2, -0.15) is 13.2 Å². The van der Waals surface area contributed by atoms with E-state index in [-0.39, 0.29) is 0 Å². The van der Waals surface area contributed by atoms with Crippen molar-refractivity contribution in [1.29, 1.82) is 0 Å². The van der Waals surface area contributed by atoms with Crippen molar-refractivity contribution >= 4 is 10.9 Å². The van der Waals surface area contributed by atoms with Crippen LogP contribution in [0, 0.1) is 13.8 Å². The molecule has 0 bridgehead atoms. The Hall–Kier alpha value is -1.58. The fourth-order valence-electron chi connectivity index (χ4n) is 1.62. The number of aromatic nitrogens is 1. The number of alkyl halides is 3. The molecule has 84 valence electrons. The van der Waals surface area contributed by atoms with E-state index in [1.54, 1.807) is 12.1 Å². The first kappa shape index (κ1) is 10.9. The number of hydrogen-bond donors (Lipinski definition) is 0. The second kappa shape index (κ2) is 3.47. The lowest BCUT2D eigenvalue weighted by atomic mass is 10.0. The van der Waals surface area contributed by atoms with Crippen molar-refractivity contribution in [3.05, 3.63) is 41.1 Å². The van der Waals surface area contributed by atoms with Gasteiger partial charge in [0.25, 0.3) is 0 Å². The maximum absolute atomic E-state index is 12.4. The van der Waals surface area contributed by atoms with Crippen LogP contribution in [0.2, 0.25) is 0 Å². The Balaban J connectivity index is 2.70. The Morgan fingerprint density at radius 2 is 1.69 bits per heavy atom. The van der Waals surface area contributed by atoms with Gasteiger partial charge in [-0.3, -0.25) is 0 Å². The Morgan fingerprint density at radius 1 is 1.00 bits per heavy atom. The largest absolute Gasteiger partial charge is 0.433 e. The van der Waals surface area contributed by atoms with E-state index in [9.17, 15) is 13.2 Å². The van der Waals surface area contributed by atoms with Crippen LogP contribution in [0.3, 0.4) is 0 Å². The number of aryl methyl sites for hydroxylation is 2. The summed E-state index contributed by atoms with van der Waals surface area (Å²) in [6.45, 7) is 3.80. The van der Waals surface area contributed by atoms with Crippen molar-refractivity contribution in [1.82, 2.24) is 4.98 Å². The zero-order valence-corrected chi connectivity index (χ0v) is 8.89. The van der Waals surface area contributed by atoms with E-state index >= 15 is 0 Å². The van der Waals surface area contributed by atoms with Gasteiger partial charge < -0.3 is 0 Å². The summed E-state index contributed by atoms with van der Waals surface area (Å²) < 4.78 is 37.3. The van der Waals surface area contributed by atoms with Crippen LogP contribution in [-0.4, -0.2) is 4.98 Å². The van der Waals surface area contributed by atoms with Crippen LogP contribution in [-0.2, 0) is 6.18 Å². The van der Waals surface area contributed by atoms with Crippen molar-refractivity contribution < 1.29 is 13.2 Å². The maximum Gasteiger partial charge on any atom is 0.433 e. The molecule has 0 spiro atoms. The number of rotatable bonds is 0. The predicted octanol–water partition coefficient (Wildman–Crippen LogP) is 3.87. The molecule has 0 unspecified atom stereocenters. The van der Waals surface area contributed by atoms with Gasteiger partial charge in [-0.25, -0.2) is 4.98 Å². The molecule has 16 heavy (non-hydrogen) atoms. The summed E-state index contributed by atoms with van der Waals surface area (Å²) in [7, 11) is 0. The Morgan fingerprint density at radius 3 is 2.31 bits per heavy atom. The van der Waals surface area contributed by atoms with Gasteiger partial charge in [-0.1, -0.05) is 12.1 Å². The monoisotopic (exact) mass is 225 g/mol. The molecule has 2 aromatic rings. The van der Waals surface area contributed by atoms with Crippen LogP contribution in [0.5, 0.6) is 0 Å². The van der Waals surface area contributed by atoms with E-state index < -0.39 is 11.9 Å². The highest BCUT2D eigenvalue weighted by molar-refractivity contribution is 5.83. The molecule has 0 N–H and O–H groups in total. The summed E-state index contributed by atoms with van der Waals surface area (Å²) in [6, 6.07) is 5.90. The average molecular weight is 225 g/mol. The fourth-order valence-corrected chi connectivity index (χ4v) is 1.62. The molecule has 4 heteroatoms. The molecule has 1 aromatic heterocycles. The van der Waals surface area contributed by atoms with Gasteiger partial charge in [0.1, 0.15) is 5.69 Å². The topological polar surface area (TPSA) is 12.9 Å². The van der Waals surface area contributed by atoms with Crippen LogP contribution in [0.25, 0.3) is 10.9 Å². The van der Waals surface area contributed by atoms with Crippen molar-refractivity contribution in [3.8, 4) is 0 Å². The molecule has 0 atom stereocenters. The molecule has 0 aliphatic carbocycles. The standard InChI is InChI=1S/C12H10F3N/c1-7-3-5-10-9(8(7)2)4-6-11(16-10)12(13,14)15/h3-6H,1-2H3. The molecule has 0 aliphatic rings. The molecular formula is C12H10F3N. The highest BCUT2D eigenvalue weighted by Gasteiger charge is 2.32. The first-order chi connectivity index (χ1) is 7.39. The lowest BCUT2D eigenvalue weighted by molar-refractivity contribution is -0.140. The minimum absolute atomic E-state index is 0.387. The molecule has 1 aromatic carbocycles. The lowest BCUT2D eigenvalue weighted by Gasteiger charge is -2.09. The minimum Gasteiger partial charge on any atom is -0.243 e. The summed E-state index contributed by atoms with van der Waals surface area (Å²) in [5.41, 5.74) is 1.56. The van der Waals surface area contributed by atoms with Crippen molar-refractivity contribution in [3.63, 3.8) is 0 Å². The highest BCUT2D eigenvalue weighted by atomic mass is 19.4. The number of pyridine rings is 1. The molecule has 1 heterocycles. The van der Waals surface area contributed by atoms with Crippen molar-refractivity contribution in [2.24, 2.45) is 0 Å². The van der Waals surface area contributed by atoms with Gasteiger partial charge in [-0.05, 0) is 37.1 Å². The summed E-state index contributed by atoms with van der Waals surface area (Å²) in [6.07, 6.45) is -4.38. The molecule has 1 nitrogen and oxygen atoms in total. The zero-order chi connectivity index (χ0) is 11.9. The molecule has 0 saturated heterocycles. The maximum atomic E-state index is 12.4. The van der Waals surface area contributed by atoms with Gasteiger partial charge >= 0.3 is 6.18 Å². The molecule has 2 rings (SSSR count). The first-order valence-electron chi connectivity index (χ1n) is 4.84. The third-order valence-electron chi connectivity index (χ3n) is 2.70. The van der Waals surface area contributed by atoms with Gasteiger partial charge in [0, 0.05) is 5.39 Å². The van der Waals surface area contributed by atoms with Crippen LogP contribution in [0.1, 0.15) is 16.8 Å². The molecular weight excluding hydrogens is 215 g/mol. The lowest BCUT2D eigenvalue weighted by Crippen LogP contribution is -2.07. The highest BCUT2D eigenvalue weighted by Crippen LogP contribution is 2.30. The van der Waals surface area contributed by atoms with Gasteiger partial charge in [0.2, 0.25) is 0 Å². The number of nitrogens with zero attached hydrogens (tertiary/aromatic N) is 1. The summed E-state index contributed by atoms with van der Waals surface area (Å²) in [5.74, 6) is 0. The quantitative estimate of drug-likeness (QED) is 0.663. The molecule has 0 fully saturated rings. The van der Waals surface area contributed by atoms with E-state index in [2.05, 4.69) is 4.98 Å². The summed E-state index contributed by atoms with van der Waals surface area (Å²) in [4.78, 5) is 3.62. The number of halogens is 3. The normalized spacial score (nSPS) is 12.1. The first-order valence-corrected chi connectivity index (χ1v) is 4.84. The smallest absolute Gasteiger partial charge is 0.243 e. The van der Waals surface area contributed by atoms with Gasteiger partial charge in [0.05, 0.1) is 5.52 Å². The Labute approximate surface area is 90.9 Å². The van der Waals surface area contributed by atoms with Crippen LogP contribution in [0.15, 0.2) is 24.3 Å². The van der Waals surface area contributed by atoms with E-state index in [1.165, 1.54) is 6.07 Å². The Bertz CT molecular complexity index is 544. The van der Waals surface area contributed by atoms with Crippen LogP contribution >= 0.6 is 0 Å². The second-order valence-corrected chi connectivity index (χ2v) is 3.77. The predicted molar refractivity (Wildman–Crippen MR) is 56.2 cm³/mol. The minimum atomic E-state index is -4.38.